The molecule has 1 amide bonds. The van der Waals surface area contributed by atoms with Crippen molar-refractivity contribution in [1.82, 2.24) is 20.2 Å². The third-order valence-corrected chi connectivity index (χ3v) is 4.23. The number of hydrazone groups is 1. The second kappa shape index (κ2) is 8.95. The Bertz CT molecular complexity index is 1150. The molecule has 3 aromatic rings. The van der Waals surface area contributed by atoms with Gasteiger partial charge in [0.15, 0.2) is 0 Å². The number of ether oxygens (including phenoxy) is 1. The first-order chi connectivity index (χ1) is 14.4. The van der Waals surface area contributed by atoms with E-state index < -0.39 is 23.3 Å². The molecule has 0 unspecified atom stereocenters. The van der Waals surface area contributed by atoms with Crippen LogP contribution in [0.4, 0.5) is 4.39 Å². The number of halogens is 1. The normalized spacial score (nSPS) is 11.2. The summed E-state index contributed by atoms with van der Waals surface area (Å²) in [5.41, 5.74) is 3.09. The Kier molecular flexibility index (Phi) is 6.16. The molecular formula is C20H18FN5O4. The maximum Gasteiger partial charge on any atom is 0.311 e. The molecule has 0 bridgehead atoms. The Morgan fingerprint density at radius 3 is 2.50 bits per heavy atom. The zero-order valence-corrected chi connectivity index (χ0v) is 16.2. The van der Waals surface area contributed by atoms with Gasteiger partial charge in [0.05, 0.1) is 36.2 Å². The molecular weight excluding hydrogens is 393 g/mol. The Morgan fingerprint density at radius 1 is 1.20 bits per heavy atom. The summed E-state index contributed by atoms with van der Waals surface area (Å²) in [4.78, 5) is 40.8. The number of hydrogen-bond acceptors (Lipinski definition) is 6. The number of carbonyl (C=O) groups is 2. The van der Waals surface area contributed by atoms with Gasteiger partial charge in [0, 0.05) is 18.0 Å². The standard InChI is InChI=1S/C20H18FN5O4/c1-12(23-24-19(28)13-7-9-22-10-8-13)18-16(11-17(27)30-2)25-26(20(18)29)15-5-3-14(21)4-6-15/h3-10,25H,11H2,1-2H3,(H,24,28). The van der Waals surface area contributed by atoms with Crippen molar-refractivity contribution in [3.8, 4) is 5.69 Å². The summed E-state index contributed by atoms with van der Waals surface area (Å²) >= 11 is 0. The Balaban J connectivity index is 1.98. The van der Waals surface area contributed by atoms with Crippen LogP contribution in [0.25, 0.3) is 5.69 Å². The quantitative estimate of drug-likeness (QED) is 0.363. The van der Waals surface area contributed by atoms with Crippen LogP contribution in [0, 0.1) is 5.82 Å². The first-order valence-electron chi connectivity index (χ1n) is 8.82. The van der Waals surface area contributed by atoms with Crippen LogP contribution in [0.3, 0.4) is 0 Å². The molecule has 0 aliphatic carbocycles. The lowest BCUT2D eigenvalue weighted by molar-refractivity contribution is -0.139. The lowest BCUT2D eigenvalue weighted by Gasteiger charge is -2.03. The molecule has 0 fully saturated rings. The van der Waals surface area contributed by atoms with Crippen LogP contribution in [0.2, 0.25) is 0 Å². The number of rotatable bonds is 6. The van der Waals surface area contributed by atoms with Gasteiger partial charge in [0.1, 0.15) is 5.82 Å². The second-order valence-corrected chi connectivity index (χ2v) is 6.21. The zero-order valence-electron chi connectivity index (χ0n) is 16.2. The van der Waals surface area contributed by atoms with Gasteiger partial charge in [0.25, 0.3) is 11.5 Å². The average Bonchev–Trinajstić information content (AvgIpc) is 3.08. The van der Waals surface area contributed by atoms with E-state index in [-0.39, 0.29) is 23.4 Å². The number of aromatic nitrogens is 3. The predicted molar refractivity (Wildman–Crippen MR) is 106 cm³/mol. The number of amides is 1. The number of esters is 1. The van der Waals surface area contributed by atoms with Crippen LogP contribution >= 0.6 is 0 Å². The molecule has 0 saturated carbocycles. The first kappa shape index (κ1) is 20.6. The van der Waals surface area contributed by atoms with Crippen LogP contribution in [-0.2, 0) is 16.0 Å². The minimum Gasteiger partial charge on any atom is -0.469 e. The molecule has 30 heavy (non-hydrogen) atoms. The lowest BCUT2D eigenvalue weighted by atomic mass is 10.1. The maximum absolute atomic E-state index is 13.2. The van der Waals surface area contributed by atoms with Crippen LogP contribution in [0.5, 0.6) is 0 Å². The molecule has 1 aromatic carbocycles. The van der Waals surface area contributed by atoms with E-state index in [1.54, 1.807) is 0 Å². The number of H-pyrrole nitrogens is 1. The summed E-state index contributed by atoms with van der Waals surface area (Å²) < 4.78 is 19.1. The number of carbonyl (C=O) groups excluding carboxylic acids is 2. The third kappa shape index (κ3) is 4.49. The van der Waals surface area contributed by atoms with Crippen molar-refractivity contribution in [1.29, 1.82) is 0 Å². The highest BCUT2D eigenvalue weighted by molar-refractivity contribution is 6.02. The summed E-state index contributed by atoms with van der Waals surface area (Å²) in [6, 6.07) is 8.27. The maximum atomic E-state index is 13.2. The van der Waals surface area contributed by atoms with Gasteiger partial charge in [-0.15, -0.1) is 0 Å². The van der Waals surface area contributed by atoms with E-state index in [0.29, 0.717) is 11.3 Å². The fourth-order valence-corrected chi connectivity index (χ4v) is 2.73. The summed E-state index contributed by atoms with van der Waals surface area (Å²) in [6.07, 6.45) is 2.71. The van der Waals surface area contributed by atoms with E-state index in [2.05, 4.69) is 25.3 Å². The molecule has 9 nitrogen and oxygen atoms in total. The highest BCUT2D eigenvalue weighted by atomic mass is 19.1. The van der Waals surface area contributed by atoms with E-state index >= 15 is 0 Å². The van der Waals surface area contributed by atoms with Crippen molar-refractivity contribution in [2.45, 2.75) is 13.3 Å². The van der Waals surface area contributed by atoms with Crippen LogP contribution in [0.15, 0.2) is 58.7 Å². The van der Waals surface area contributed by atoms with Crippen molar-refractivity contribution in [3.05, 3.63) is 81.8 Å². The SMILES string of the molecule is COC(=O)Cc1[nH]n(-c2ccc(F)cc2)c(=O)c1C(C)=NNC(=O)c1ccncc1. The molecule has 2 N–H and O–H groups in total. The minimum atomic E-state index is -0.572. The zero-order chi connectivity index (χ0) is 21.7. The Hall–Kier alpha value is -4.08. The molecule has 0 spiro atoms. The molecule has 2 aromatic heterocycles. The Morgan fingerprint density at radius 2 is 1.87 bits per heavy atom. The lowest BCUT2D eigenvalue weighted by Crippen LogP contribution is -2.24. The van der Waals surface area contributed by atoms with Crippen LogP contribution < -0.4 is 11.0 Å². The summed E-state index contributed by atoms with van der Waals surface area (Å²) in [5, 5.41) is 6.83. The van der Waals surface area contributed by atoms with E-state index in [9.17, 15) is 18.8 Å². The van der Waals surface area contributed by atoms with E-state index in [1.165, 1.54) is 62.8 Å². The monoisotopic (exact) mass is 411 g/mol. The highest BCUT2D eigenvalue weighted by Crippen LogP contribution is 2.11. The summed E-state index contributed by atoms with van der Waals surface area (Å²) in [6.45, 7) is 1.52. The number of nitrogens with zero attached hydrogens (tertiary/aromatic N) is 3. The average molecular weight is 411 g/mol. The number of hydrogen-bond donors (Lipinski definition) is 2. The number of pyridine rings is 1. The predicted octanol–water partition coefficient (Wildman–Crippen LogP) is 1.57. The van der Waals surface area contributed by atoms with E-state index in [4.69, 9.17) is 0 Å². The second-order valence-electron chi connectivity index (χ2n) is 6.21. The minimum absolute atomic E-state index is 0.0970. The molecule has 0 aliphatic rings. The topological polar surface area (TPSA) is 118 Å². The number of methoxy groups -OCH3 is 1. The van der Waals surface area contributed by atoms with Gasteiger partial charge < -0.3 is 4.74 Å². The third-order valence-electron chi connectivity index (χ3n) is 4.23. The molecule has 154 valence electrons. The van der Waals surface area contributed by atoms with Gasteiger partial charge in [-0.05, 0) is 43.3 Å². The first-order valence-corrected chi connectivity index (χ1v) is 8.82. The van der Waals surface area contributed by atoms with Gasteiger partial charge in [-0.3, -0.25) is 24.5 Å². The van der Waals surface area contributed by atoms with Crippen LogP contribution in [-0.4, -0.2) is 39.5 Å². The van der Waals surface area contributed by atoms with Gasteiger partial charge >= 0.3 is 5.97 Å². The molecule has 0 atom stereocenters. The van der Waals surface area contributed by atoms with Crippen molar-refractivity contribution < 1.29 is 18.7 Å². The van der Waals surface area contributed by atoms with Gasteiger partial charge in [-0.2, -0.15) is 5.10 Å². The largest absolute Gasteiger partial charge is 0.469 e. The van der Waals surface area contributed by atoms with Gasteiger partial charge in [-0.25, -0.2) is 14.5 Å². The molecule has 2 heterocycles. The van der Waals surface area contributed by atoms with Crippen LogP contribution in [0.1, 0.15) is 28.5 Å². The number of nitrogens with one attached hydrogen (secondary N) is 2. The van der Waals surface area contributed by atoms with Crippen molar-refractivity contribution >= 4 is 17.6 Å². The van der Waals surface area contributed by atoms with Crippen molar-refractivity contribution in [2.24, 2.45) is 5.10 Å². The Labute approximate surface area is 170 Å². The van der Waals surface area contributed by atoms with Crippen molar-refractivity contribution in [3.63, 3.8) is 0 Å². The molecule has 10 heteroatoms. The highest BCUT2D eigenvalue weighted by Gasteiger charge is 2.20. The van der Waals surface area contributed by atoms with Gasteiger partial charge in [-0.1, -0.05) is 0 Å². The molecule has 3 rings (SSSR count). The number of benzene rings is 1. The van der Waals surface area contributed by atoms with E-state index in [0.717, 1.165) is 4.68 Å². The number of aromatic amines is 1. The fourth-order valence-electron chi connectivity index (χ4n) is 2.73. The fraction of sp³-hybridized carbons (Fsp3) is 0.150. The molecule has 0 radical (unpaired) electrons. The van der Waals surface area contributed by atoms with E-state index in [1.807, 2.05) is 0 Å². The van der Waals surface area contributed by atoms with Crippen molar-refractivity contribution in [2.75, 3.05) is 7.11 Å². The summed E-state index contributed by atoms with van der Waals surface area (Å²) in [5.74, 6) is -1.51. The smallest absolute Gasteiger partial charge is 0.311 e. The molecule has 0 aliphatic heterocycles. The summed E-state index contributed by atoms with van der Waals surface area (Å²) in [7, 11) is 1.23. The molecule has 0 saturated heterocycles. The van der Waals surface area contributed by atoms with Gasteiger partial charge in [0.2, 0.25) is 0 Å².